The number of aliphatic hydroxyl groups excluding tert-OH is 1. The predicted molar refractivity (Wildman–Crippen MR) is 87.3 cm³/mol. The maximum absolute atomic E-state index is 12.4. The summed E-state index contributed by atoms with van der Waals surface area (Å²) in [6, 6.07) is 3.35. The molecule has 2 atom stereocenters. The van der Waals surface area contributed by atoms with Crippen molar-refractivity contribution >= 4 is 6.03 Å². The van der Waals surface area contributed by atoms with Crippen molar-refractivity contribution < 1.29 is 24.1 Å². The highest BCUT2D eigenvalue weighted by molar-refractivity contribution is 5.75. The van der Waals surface area contributed by atoms with Gasteiger partial charge in [0.05, 0.1) is 33.4 Å². The van der Waals surface area contributed by atoms with E-state index in [0.29, 0.717) is 30.2 Å². The van der Waals surface area contributed by atoms with Crippen molar-refractivity contribution in [2.24, 2.45) is 0 Å². The molecule has 1 aromatic carbocycles. The molecular formula is C17H24N2O5. The normalized spacial score (nSPS) is 22.9. The molecule has 132 valence electrons. The Morgan fingerprint density at radius 2 is 2.12 bits per heavy atom. The first kappa shape index (κ1) is 16.9. The van der Waals surface area contributed by atoms with Gasteiger partial charge in [0.15, 0.2) is 0 Å². The van der Waals surface area contributed by atoms with E-state index < -0.39 is 6.10 Å². The van der Waals surface area contributed by atoms with Crippen LogP contribution in [0.5, 0.6) is 11.5 Å². The van der Waals surface area contributed by atoms with E-state index in [2.05, 4.69) is 5.32 Å². The summed E-state index contributed by atoms with van der Waals surface area (Å²) in [5, 5.41) is 13.4. The first-order valence-corrected chi connectivity index (χ1v) is 8.20. The van der Waals surface area contributed by atoms with Gasteiger partial charge in [0, 0.05) is 24.3 Å². The van der Waals surface area contributed by atoms with Crippen LogP contribution in [-0.4, -0.2) is 56.1 Å². The molecule has 2 amide bonds. The fraction of sp³-hybridized carbons (Fsp3) is 0.588. The molecule has 0 bridgehead atoms. The van der Waals surface area contributed by atoms with Gasteiger partial charge in [-0.15, -0.1) is 0 Å². The second kappa shape index (κ2) is 7.27. The molecule has 0 radical (unpaired) electrons. The lowest BCUT2D eigenvalue weighted by Crippen LogP contribution is -2.46. The Morgan fingerprint density at radius 3 is 2.79 bits per heavy atom. The molecule has 24 heavy (non-hydrogen) atoms. The average molecular weight is 336 g/mol. The number of hydrogen-bond donors (Lipinski definition) is 2. The molecule has 2 aliphatic rings. The molecule has 2 unspecified atom stereocenters. The van der Waals surface area contributed by atoms with Crippen LogP contribution in [0.2, 0.25) is 0 Å². The zero-order valence-corrected chi connectivity index (χ0v) is 14.1. The lowest BCUT2D eigenvalue weighted by Gasteiger charge is -2.34. The number of carbonyl (C=O) groups is 1. The fourth-order valence-electron chi connectivity index (χ4n) is 3.35. The SMILES string of the molecule is COc1ccc(OC)c2c1CN(C(=O)NCC1CCCO1)CC2O. The largest absolute Gasteiger partial charge is 0.496 e. The third kappa shape index (κ3) is 3.27. The number of nitrogens with zero attached hydrogens (tertiary/aromatic N) is 1. The van der Waals surface area contributed by atoms with Gasteiger partial charge in [0.25, 0.3) is 0 Å². The molecule has 3 rings (SSSR count). The van der Waals surface area contributed by atoms with Crippen LogP contribution in [-0.2, 0) is 11.3 Å². The van der Waals surface area contributed by atoms with Crippen LogP contribution < -0.4 is 14.8 Å². The van der Waals surface area contributed by atoms with Crippen molar-refractivity contribution in [1.29, 1.82) is 0 Å². The molecule has 7 heteroatoms. The molecule has 0 aromatic heterocycles. The molecule has 0 spiro atoms. The van der Waals surface area contributed by atoms with Crippen LogP contribution in [0.4, 0.5) is 4.79 Å². The number of carbonyl (C=O) groups excluding carboxylic acids is 1. The summed E-state index contributed by atoms with van der Waals surface area (Å²) in [6.07, 6.45) is 1.28. The monoisotopic (exact) mass is 336 g/mol. The van der Waals surface area contributed by atoms with Gasteiger partial charge < -0.3 is 29.5 Å². The van der Waals surface area contributed by atoms with E-state index >= 15 is 0 Å². The van der Waals surface area contributed by atoms with Crippen molar-refractivity contribution in [2.75, 3.05) is 33.9 Å². The number of ether oxygens (including phenoxy) is 3. The summed E-state index contributed by atoms with van der Waals surface area (Å²) in [5.41, 5.74) is 1.47. The molecule has 1 aromatic rings. The van der Waals surface area contributed by atoms with Crippen molar-refractivity contribution in [1.82, 2.24) is 10.2 Å². The molecule has 7 nitrogen and oxygen atoms in total. The van der Waals surface area contributed by atoms with E-state index in [9.17, 15) is 9.90 Å². The van der Waals surface area contributed by atoms with Gasteiger partial charge in [-0.25, -0.2) is 4.79 Å². The summed E-state index contributed by atoms with van der Waals surface area (Å²) >= 11 is 0. The lowest BCUT2D eigenvalue weighted by molar-refractivity contribution is 0.0917. The van der Waals surface area contributed by atoms with Crippen molar-refractivity contribution in [3.05, 3.63) is 23.3 Å². The Kier molecular flexibility index (Phi) is 5.11. The van der Waals surface area contributed by atoms with E-state index in [1.54, 1.807) is 31.3 Å². The number of β-amino-alcohol motifs (C(OH)–C–C–N with tert-alkyl or cyclic N) is 1. The number of benzene rings is 1. The summed E-state index contributed by atoms with van der Waals surface area (Å²) in [6.45, 7) is 1.83. The van der Waals surface area contributed by atoms with Crippen LogP contribution >= 0.6 is 0 Å². The number of nitrogens with one attached hydrogen (secondary N) is 1. The number of hydrogen-bond acceptors (Lipinski definition) is 5. The zero-order valence-electron chi connectivity index (χ0n) is 14.1. The fourth-order valence-corrected chi connectivity index (χ4v) is 3.35. The van der Waals surface area contributed by atoms with E-state index in [4.69, 9.17) is 14.2 Å². The van der Waals surface area contributed by atoms with Crippen molar-refractivity contribution in [3.63, 3.8) is 0 Å². The van der Waals surface area contributed by atoms with Gasteiger partial charge in [-0.2, -0.15) is 0 Å². The first-order valence-electron chi connectivity index (χ1n) is 8.20. The van der Waals surface area contributed by atoms with Crippen LogP contribution in [0.25, 0.3) is 0 Å². The number of amides is 2. The number of rotatable bonds is 4. The van der Waals surface area contributed by atoms with Gasteiger partial charge in [-0.05, 0) is 25.0 Å². The smallest absolute Gasteiger partial charge is 0.317 e. The highest BCUT2D eigenvalue weighted by Gasteiger charge is 2.32. The molecule has 0 aliphatic carbocycles. The first-order chi connectivity index (χ1) is 11.6. The summed E-state index contributed by atoms with van der Waals surface area (Å²) in [4.78, 5) is 14.0. The molecule has 2 aliphatic heterocycles. The van der Waals surface area contributed by atoms with Gasteiger partial charge in [0.2, 0.25) is 0 Å². The van der Waals surface area contributed by atoms with E-state index in [1.165, 1.54) is 0 Å². The standard InChI is InChI=1S/C17H24N2O5/c1-22-14-5-6-15(23-2)16-12(14)9-19(10-13(16)20)17(21)18-8-11-4-3-7-24-11/h5-6,11,13,20H,3-4,7-10H2,1-2H3,(H,18,21). The minimum Gasteiger partial charge on any atom is -0.496 e. The predicted octanol–water partition coefficient (Wildman–Crippen LogP) is 1.44. The van der Waals surface area contributed by atoms with Crippen molar-refractivity contribution in [2.45, 2.75) is 31.6 Å². The third-order valence-electron chi connectivity index (χ3n) is 4.58. The molecule has 1 fully saturated rings. The topological polar surface area (TPSA) is 80.3 Å². The van der Waals surface area contributed by atoms with E-state index in [0.717, 1.165) is 25.0 Å². The Balaban J connectivity index is 1.74. The Hall–Kier alpha value is -1.99. The van der Waals surface area contributed by atoms with Gasteiger partial charge in [0.1, 0.15) is 17.6 Å². The maximum Gasteiger partial charge on any atom is 0.317 e. The second-order valence-corrected chi connectivity index (χ2v) is 6.08. The maximum atomic E-state index is 12.4. The van der Waals surface area contributed by atoms with Crippen LogP contribution in [0.1, 0.15) is 30.1 Å². The van der Waals surface area contributed by atoms with E-state index in [1.807, 2.05) is 0 Å². The average Bonchev–Trinajstić information content (AvgIpc) is 3.12. The highest BCUT2D eigenvalue weighted by Crippen LogP contribution is 2.39. The minimum absolute atomic E-state index is 0.0885. The van der Waals surface area contributed by atoms with Crippen LogP contribution in [0.15, 0.2) is 12.1 Å². The van der Waals surface area contributed by atoms with Crippen LogP contribution in [0.3, 0.4) is 0 Å². The van der Waals surface area contributed by atoms with Crippen LogP contribution in [0, 0.1) is 0 Å². The van der Waals surface area contributed by atoms with Gasteiger partial charge >= 0.3 is 6.03 Å². The quantitative estimate of drug-likeness (QED) is 0.870. The van der Waals surface area contributed by atoms with Gasteiger partial charge in [-0.1, -0.05) is 0 Å². The highest BCUT2D eigenvalue weighted by atomic mass is 16.5. The third-order valence-corrected chi connectivity index (χ3v) is 4.58. The van der Waals surface area contributed by atoms with Gasteiger partial charge in [-0.3, -0.25) is 0 Å². The summed E-state index contributed by atoms with van der Waals surface area (Å²) in [7, 11) is 3.14. The number of aliphatic hydroxyl groups is 1. The summed E-state index contributed by atoms with van der Waals surface area (Å²) < 4.78 is 16.2. The molecular weight excluding hydrogens is 312 g/mol. The molecule has 0 saturated carbocycles. The van der Waals surface area contributed by atoms with Crippen molar-refractivity contribution in [3.8, 4) is 11.5 Å². The Bertz CT molecular complexity index is 601. The molecule has 2 N–H and O–H groups in total. The second-order valence-electron chi connectivity index (χ2n) is 6.08. The zero-order chi connectivity index (χ0) is 17.1. The van der Waals surface area contributed by atoms with E-state index in [-0.39, 0.29) is 18.7 Å². The molecule has 2 heterocycles. The lowest BCUT2D eigenvalue weighted by atomic mass is 9.95. The number of urea groups is 1. The summed E-state index contributed by atoms with van der Waals surface area (Å²) in [5.74, 6) is 1.25. The molecule has 1 saturated heterocycles. The Labute approximate surface area is 141 Å². The number of methoxy groups -OCH3 is 2. The Morgan fingerprint density at radius 1 is 1.38 bits per heavy atom. The minimum atomic E-state index is -0.813. The number of fused-ring (bicyclic) bond motifs is 1.